The van der Waals surface area contributed by atoms with Gasteiger partial charge in [0, 0.05) is 28.3 Å². The van der Waals surface area contributed by atoms with E-state index in [1.54, 1.807) is 0 Å². The number of carbonyl (C=O) groups excluding carboxylic acids is 1. The summed E-state index contributed by atoms with van der Waals surface area (Å²) in [6.07, 6.45) is -3.08. The highest BCUT2D eigenvalue weighted by molar-refractivity contribution is 5.65. The molecule has 1 rings (SSSR count). The molecular formula is C12H22O8. The number of ether oxygens (including phenoxy) is 6. The lowest BCUT2D eigenvalue weighted by atomic mass is 9.98. The molecule has 1 saturated heterocycles. The van der Waals surface area contributed by atoms with Gasteiger partial charge in [-0.1, -0.05) is 0 Å². The lowest BCUT2D eigenvalue weighted by molar-refractivity contribution is -0.316. The van der Waals surface area contributed by atoms with E-state index < -0.39 is 36.7 Å². The summed E-state index contributed by atoms with van der Waals surface area (Å²) in [5, 5.41) is 9.39. The summed E-state index contributed by atoms with van der Waals surface area (Å²) >= 11 is 0. The molecule has 0 spiro atoms. The van der Waals surface area contributed by atoms with Crippen LogP contribution in [-0.4, -0.2) is 76.5 Å². The third-order valence-electron chi connectivity index (χ3n) is 3.07. The molecular weight excluding hydrogens is 272 g/mol. The van der Waals surface area contributed by atoms with Crippen LogP contribution in [0, 0.1) is 0 Å². The molecule has 0 aromatic heterocycles. The highest BCUT2D eigenvalue weighted by atomic mass is 16.7. The molecule has 0 bridgehead atoms. The van der Waals surface area contributed by atoms with Gasteiger partial charge in [0.1, 0.15) is 24.4 Å². The number of carbonyl (C=O) groups is 1. The highest BCUT2D eigenvalue weighted by Gasteiger charge is 2.47. The molecule has 8 heteroatoms. The van der Waals surface area contributed by atoms with E-state index in [2.05, 4.69) is 0 Å². The minimum atomic E-state index is -0.685. The Bertz CT molecular complexity index is 297. The predicted octanol–water partition coefficient (Wildman–Crippen LogP) is -0.714. The highest BCUT2D eigenvalue weighted by Crippen LogP contribution is 2.27. The number of rotatable bonds is 7. The summed E-state index contributed by atoms with van der Waals surface area (Å²) in [5.41, 5.74) is 0. The van der Waals surface area contributed by atoms with Crippen molar-refractivity contribution in [3.63, 3.8) is 0 Å². The molecule has 20 heavy (non-hydrogen) atoms. The molecule has 1 fully saturated rings. The van der Waals surface area contributed by atoms with E-state index >= 15 is 0 Å². The number of esters is 1. The van der Waals surface area contributed by atoms with Gasteiger partial charge in [0.25, 0.3) is 0 Å². The molecule has 1 heterocycles. The van der Waals surface area contributed by atoms with Crippen LogP contribution in [0.5, 0.6) is 0 Å². The van der Waals surface area contributed by atoms with Crippen molar-refractivity contribution in [2.45, 2.75) is 37.6 Å². The van der Waals surface area contributed by atoms with Gasteiger partial charge in [-0.15, -0.1) is 0 Å². The van der Waals surface area contributed by atoms with Crippen LogP contribution in [-0.2, 0) is 33.2 Å². The van der Waals surface area contributed by atoms with Crippen molar-refractivity contribution in [3.8, 4) is 0 Å². The van der Waals surface area contributed by atoms with E-state index in [1.807, 2.05) is 0 Å². The van der Waals surface area contributed by atoms with Gasteiger partial charge >= 0.3 is 5.97 Å². The fourth-order valence-electron chi connectivity index (χ4n) is 2.13. The monoisotopic (exact) mass is 294 g/mol. The largest absolute Gasteiger partial charge is 0.439 e. The molecule has 0 aromatic rings. The standard InChI is InChI=1S/C12H22O8/c1-7(14)18-6-19-9-8(5-13)20-12(17-4)11(16-3)10(9)15-2/h8-13H,5-6H2,1-4H3/t8-,9+,10+,11-,12+/m1/s1. The maximum atomic E-state index is 10.7. The van der Waals surface area contributed by atoms with E-state index in [4.69, 9.17) is 28.4 Å². The first-order valence-electron chi connectivity index (χ1n) is 6.18. The smallest absolute Gasteiger partial charge is 0.304 e. The molecule has 5 atom stereocenters. The van der Waals surface area contributed by atoms with Crippen molar-refractivity contribution in [1.29, 1.82) is 0 Å². The Labute approximate surface area is 117 Å². The van der Waals surface area contributed by atoms with Crippen molar-refractivity contribution in [2.24, 2.45) is 0 Å². The van der Waals surface area contributed by atoms with E-state index in [9.17, 15) is 9.90 Å². The third-order valence-corrected chi connectivity index (χ3v) is 3.07. The van der Waals surface area contributed by atoms with Crippen LogP contribution < -0.4 is 0 Å². The van der Waals surface area contributed by atoms with E-state index in [0.717, 1.165) is 0 Å². The van der Waals surface area contributed by atoms with Gasteiger partial charge in [-0.3, -0.25) is 4.79 Å². The topological polar surface area (TPSA) is 92.7 Å². The minimum Gasteiger partial charge on any atom is -0.439 e. The molecule has 1 aliphatic rings. The molecule has 118 valence electrons. The second-order valence-electron chi connectivity index (χ2n) is 4.25. The summed E-state index contributed by atoms with van der Waals surface area (Å²) in [5.74, 6) is -0.464. The number of methoxy groups -OCH3 is 3. The lowest BCUT2D eigenvalue weighted by Gasteiger charge is -2.43. The number of aliphatic hydroxyl groups excluding tert-OH is 1. The number of hydrogen-bond donors (Lipinski definition) is 1. The Morgan fingerprint density at radius 1 is 1.10 bits per heavy atom. The van der Waals surface area contributed by atoms with Crippen molar-refractivity contribution >= 4 is 5.97 Å². The molecule has 0 aliphatic carbocycles. The van der Waals surface area contributed by atoms with Crippen LogP contribution in [0.3, 0.4) is 0 Å². The SMILES string of the molecule is CO[C@H]1O[C@H](CO)[C@H](OCOC(C)=O)[C@H](OC)[C@H]1OC. The summed E-state index contributed by atoms with van der Waals surface area (Å²) < 4.78 is 31.6. The van der Waals surface area contributed by atoms with Crippen molar-refractivity contribution in [3.05, 3.63) is 0 Å². The van der Waals surface area contributed by atoms with Crippen LogP contribution in [0.4, 0.5) is 0 Å². The Morgan fingerprint density at radius 3 is 2.20 bits per heavy atom. The van der Waals surface area contributed by atoms with Crippen LogP contribution >= 0.6 is 0 Å². The normalized spacial score (nSPS) is 34.0. The zero-order chi connectivity index (χ0) is 15.1. The van der Waals surface area contributed by atoms with Crippen molar-refractivity contribution in [2.75, 3.05) is 34.7 Å². The average Bonchev–Trinajstić information content (AvgIpc) is 2.45. The fraction of sp³-hybridized carbons (Fsp3) is 0.917. The zero-order valence-electron chi connectivity index (χ0n) is 12.1. The quantitative estimate of drug-likeness (QED) is 0.486. The molecule has 0 amide bonds. The second kappa shape index (κ2) is 8.50. The number of aliphatic hydroxyl groups is 1. The molecule has 0 aromatic carbocycles. The summed E-state index contributed by atoms with van der Waals surface area (Å²) in [6.45, 7) is 0.728. The van der Waals surface area contributed by atoms with Gasteiger partial charge in [-0.05, 0) is 0 Å². The van der Waals surface area contributed by atoms with E-state index in [-0.39, 0.29) is 13.4 Å². The van der Waals surface area contributed by atoms with E-state index in [0.29, 0.717) is 0 Å². The maximum Gasteiger partial charge on any atom is 0.304 e. The Balaban J connectivity index is 2.77. The zero-order valence-corrected chi connectivity index (χ0v) is 12.1. The van der Waals surface area contributed by atoms with Gasteiger partial charge in [0.15, 0.2) is 13.1 Å². The second-order valence-corrected chi connectivity index (χ2v) is 4.25. The molecule has 1 aliphatic heterocycles. The van der Waals surface area contributed by atoms with Crippen LogP contribution in [0.25, 0.3) is 0 Å². The van der Waals surface area contributed by atoms with Gasteiger partial charge in [0.2, 0.25) is 0 Å². The molecule has 1 N–H and O–H groups in total. The molecule has 0 radical (unpaired) electrons. The third kappa shape index (κ3) is 4.11. The maximum absolute atomic E-state index is 10.7. The molecule has 0 saturated carbocycles. The Kier molecular flexibility index (Phi) is 7.35. The lowest BCUT2D eigenvalue weighted by Crippen LogP contribution is -2.61. The molecule has 0 unspecified atom stereocenters. The van der Waals surface area contributed by atoms with Crippen molar-refractivity contribution < 1.29 is 38.3 Å². The van der Waals surface area contributed by atoms with Crippen LogP contribution in [0.15, 0.2) is 0 Å². The summed E-state index contributed by atoms with van der Waals surface area (Å²) in [6, 6.07) is 0. The van der Waals surface area contributed by atoms with Gasteiger partial charge in [-0.25, -0.2) is 0 Å². The van der Waals surface area contributed by atoms with E-state index in [1.165, 1.54) is 28.3 Å². The van der Waals surface area contributed by atoms with Crippen molar-refractivity contribution in [1.82, 2.24) is 0 Å². The first-order chi connectivity index (χ1) is 9.58. The van der Waals surface area contributed by atoms with Gasteiger partial charge < -0.3 is 33.5 Å². The van der Waals surface area contributed by atoms with Crippen LogP contribution in [0.2, 0.25) is 0 Å². The fourth-order valence-corrected chi connectivity index (χ4v) is 2.13. The van der Waals surface area contributed by atoms with Gasteiger partial charge in [-0.2, -0.15) is 0 Å². The first-order valence-corrected chi connectivity index (χ1v) is 6.18. The van der Waals surface area contributed by atoms with Gasteiger partial charge in [0.05, 0.1) is 6.61 Å². The summed E-state index contributed by atoms with van der Waals surface area (Å²) in [4.78, 5) is 10.7. The first kappa shape index (κ1) is 17.3. The average molecular weight is 294 g/mol. The Hall–Kier alpha value is -0.770. The summed E-state index contributed by atoms with van der Waals surface area (Å²) in [7, 11) is 4.46. The Morgan fingerprint density at radius 2 is 1.75 bits per heavy atom. The number of hydrogen-bond acceptors (Lipinski definition) is 8. The predicted molar refractivity (Wildman–Crippen MR) is 65.9 cm³/mol. The van der Waals surface area contributed by atoms with Crippen LogP contribution in [0.1, 0.15) is 6.92 Å². The molecule has 8 nitrogen and oxygen atoms in total. The minimum absolute atomic E-state index is 0.256.